The van der Waals surface area contributed by atoms with E-state index in [1.807, 2.05) is 37.5 Å². The zero-order valence-electron chi connectivity index (χ0n) is 9.01. The number of hydrogen-bond donors (Lipinski definition) is 0. The summed E-state index contributed by atoms with van der Waals surface area (Å²) in [5.41, 5.74) is 2.34. The van der Waals surface area contributed by atoms with Crippen molar-refractivity contribution >= 4 is 11.5 Å². The van der Waals surface area contributed by atoms with Crippen LogP contribution in [0.15, 0.2) is 48.7 Å². The number of benzene rings is 1. The highest BCUT2D eigenvalue weighted by atomic mass is 15.2. The summed E-state index contributed by atoms with van der Waals surface area (Å²) in [7, 11) is 2.03. The summed E-state index contributed by atoms with van der Waals surface area (Å²) >= 11 is 0. The third-order valence-corrected chi connectivity index (χ3v) is 2.44. The molecule has 0 bridgehead atoms. The van der Waals surface area contributed by atoms with E-state index in [0.29, 0.717) is 0 Å². The summed E-state index contributed by atoms with van der Waals surface area (Å²) in [6.45, 7) is 2.07. The molecule has 2 aromatic rings. The smallest absolute Gasteiger partial charge is 0.135 e. The van der Waals surface area contributed by atoms with Gasteiger partial charge in [0.05, 0.1) is 0 Å². The average molecular weight is 198 g/mol. The lowest BCUT2D eigenvalue weighted by atomic mass is 10.2. The van der Waals surface area contributed by atoms with Gasteiger partial charge in [0.1, 0.15) is 5.82 Å². The lowest BCUT2D eigenvalue weighted by Crippen LogP contribution is -2.12. The van der Waals surface area contributed by atoms with Gasteiger partial charge in [0.2, 0.25) is 0 Å². The topological polar surface area (TPSA) is 16.1 Å². The van der Waals surface area contributed by atoms with E-state index in [4.69, 9.17) is 0 Å². The van der Waals surface area contributed by atoms with E-state index in [2.05, 4.69) is 35.0 Å². The van der Waals surface area contributed by atoms with Crippen LogP contribution in [0.2, 0.25) is 0 Å². The fourth-order valence-electron chi connectivity index (χ4n) is 1.60. The van der Waals surface area contributed by atoms with Gasteiger partial charge in [0.25, 0.3) is 0 Å². The molecule has 0 atom stereocenters. The maximum absolute atomic E-state index is 4.38. The number of rotatable bonds is 2. The molecule has 1 aromatic heterocycles. The highest BCUT2D eigenvalue weighted by molar-refractivity contribution is 5.61. The van der Waals surface area contributed by atoms with Crippen molar-refractivity contribution in [2.24, 2.45) is 0 Å². The first kappa shape index (κ1) is 9.71. The Labute approximate surface area is 90.2 Å². The van der Waals surface area contributed by atoms with Gasteiger partial charge < -0.3 is 4.90 Å². The Morgan fingerprint density at radius 1 is 1.00 bits per heavy atom. The molecular formula is C13H14N2. The van der Waals surface area contributed by atoms with Crippen LogP contribution in [0.5, 0.6) is 0 Å². The molecule has 0 spiro atoms. The summed E-state index contributed by atoms with van der Waals surface area (Å²) < 4.78 is 0. The summed E-state index contributed by atoms with van der Waals surface area (Å²) in [6, 6.07) is 14.3. The number of pyridine rings is 1. The van der Waals surface area contributed by atoms with Gasteiger partial charge >= 0.3 is 0 Å². The van der Waals surface area contributed by atoms with Crippen LogP contribution in [0.25, 0.3) is 0 Å². The molecular weight excluding hydrogens is 184 g/mol. The zero-order chi connectivity index (χ0) is 10.7. The van der Waals surface area contributed by atoms with E-state index in [1.165, 1.54) is 5.56 Å². The van der Waals surface area contributed by atoms with Crippen molar-refractivity contribution in [3.63, 3.8) is 0 Å². The molecule has 0 saturated carbocycles. The van der Waals surface area contributed by atoms with Gasteiger partial charge in [-0.3, -0.25) is 0 Å². The maximum Gasteiger partial charge on any atom is 0.135 e. The lowest BCUT2D eigenvalue weighted by Gasteiger charge is -2.19. The largest absolute Gasteiger partial charge is 0.329 e. The van der Waals surface area contributed by atoms with Crippen molar-refractivity contribution in [2.45, 2.75) is 6.92 Å². The molecule has 0 amide bonds. The standard InChI is InChI=1S/C13H14N2/c1-11-7-6-10-14-13(11)15(2)12-8-4-3-5-9-12/h3-10H,1-2H3. The molecule has 76 valence electrons. The Kier molecular flexibility index (Phi) is 2.68. The van der Waals surface area contributed by atoms with Crippen molar-refractivity contribution in [3.8, 4) is 0 Å². The van der Waals surface area contributed by atoms with E-state index in [1.54, 1.807) is 0 Å². The van der Waals surface area contributed by atoms with Crippen LogP contribution in [0.1, 0.15) is 5.56 Å². The highest BCUT2D eigenvalue weighted by Crippen LogP contribution is 2.23. The second-order valence-corrected chi connectivity index (χ2v) is 3.54. The Hall–Kier alpha value is -1.83. The third kappa shape index (κ3) is 1.99. The predicted molar refractivity (Wildman–Crippen MR) is 63.5 cm³/mol. The maximum atomic E-state index is 4.38. The summed E-state index contributed by atoms with van der Waals surface area (Å²) in [5, 5.41) is 0. The number of aryl methyl sites for hydroxylation is 1. The molecule has 1 heterocycles. The van der Waals surface area contributed by atoms with Gasteiger partial charge in [0.15, 0.2) is 0 Å². The van der Waals surface area contributed by atoms with E-state index in [0.717, 1.165) is 11.5 Å². The van der Waals surface area contributed by atoms with Crippen LogP contribution in [0.3, 0.4) is 0 Å². The SMILES string of the molecule is Cc1cccnc1N(C)c1ccccc1. The van der Waals surface area contributed by atoms with Crippen LogP contribution < -0.4 is 4.90 Å². The van der Waals surface area contributed by atoms with E-state index >= 15 is 0 Å². The highest BCUT2D eigenvalue weighted by Gasteiger charge is 2.06. The number of para-hydroxylation sites is 1. The lowest BCUT2D eigenvalue weighted by molar-refractivity contribution is 1.10. The molecule has 1 aromatic carbocycles. The van der Waals surface area contributed by atoms with Gasteiger partial charge in [0, 0.05) is 18.9 Å². The molecule has 2 heteroatoms. The fourth-order valence-corrected chi connectivity index (χ4v) is 1.60. The molecule has 15 heavy (non-hydrogen) atoms. The Balaban J connectivity index is 2.37. The predicted octanol–water partition coefficient (Wildman–Crippen LogP) is 3.16. The summed E-state index contributed by atoms with van der Waals surface area (Å²) in [6.07, 6.45) is 1.82. The monoisotopic (exact) mass is 198 g/mol. The van der Waals surface area contributed by atoms with Crippen LogP contribution in [0.4, 0.5) is 11.5 Å². The van der Waals surface area contributed by atoms with Crippen LogP contribution >= 0.6 is 0 Å². The first-order valence-corrected chi connectivity index (χ1v) is 4.99. The molecule has 0 fully saturated rings. The van der Waals surface area contributed by atoms with Crippen molar-refractivity contribution in [2.75, 3.05) is 11.9 Å². The van der Waals surface area contributed by atoms with Gasteiger partial charge in [-0.1, -0.05) is 24.3 Å². The fraction of sp³-hybridized carbons (Fsp3) is 0.154. The van der Waals surface area contributed by atoms with Gasteiger partial charge in [-0.15, -0.1) is 0 Å². The zero-order valence-corrected chi connectivity index (χ0v) is 9.01. The molecule has 2 rings (SSSR count). The number of anilines is 2. The van der Waals surface area contributed by atoms with Crippen LogP contribution in [-0.4, -0.2) is 12.0 Å². The first-order valence-electron chi connectivity index (χ1n) is 4.99. The van der Waals surface area contributed by atoms with Crippen molar-refractivity contribution in [1.82, 2.24) is 4.98 Å². The molecule has 0 unspecified atom stereocenters. The molecule has 0 aliphatic heterocycles. The van der Waals surface area contributed by atoms with Gasteiger partial charge in [-0.25, -0.2) is 4.98 Å². The minimum atomic E-state index is 1.00. The van der Waals surface area contributed by atoms with E-state index < -0.39 is 0 Å². The van der Waals surface area contributed by atoms with Crippen molar-refractivity contribution < 1.29 is 0 Å². The number of nitrogens with zero attached hydrogens (tertiary/aromatic N) is 2. The molecule has 0 N–H and O–H groups in total. The third-order valence-electron chi connectivity index (χ3n) is 2.44. The quantitative estimate of drug-likeness (QED) is 0.736. The Morgan fingerprint density at radius 2 is 1.73 bits per heavy atom. The summed E-state index contributed by atoms with van der Waals surface area (Å²) in [5.74, 6) is 1.00. The second-order valence-electron chi connectivity index (χ2n) is 3.54. The molecule has 0 aliphatic carbocycles. The van der Waals surface area contributed by atoms with Crippen LogP contribution in [-0.2, 0) is 0 Å². The molecule has 0 radical (unpaired) electrons. The van der Waals surface area contributed by atoms with E-state index in [-0.39, 0.29) is 0 Å². The van der Waals surface area contributed by atoms with Gasteiger partial charge in [-0.2, -0.15) is 0 Å². The van der Waals surface area contributed by atoms with Gasteiger partial charge in [-0.05, 0) is 30.7 Å². The second kappa shape index (κ2) is 4.13. The average Bonchev–Trinajstić information content (AvgIpc) is 2.30. The van der Waals surface area contributed by atoms with E-state index in [9.17, 15) is 0 Å². The minimum absolute atomic E-state index is 1.00. The molecule has 0 aliphatic rings. The first-order chi connectivity index (χ1) is 7.29. The van der Waals surface area contributed by atoms with Crippen molar-refractivity contribution in [1.29, 1.82) is 0 Å². The van der Waals surface area contributed by atoms with Crippen LogP contribution in [0, 0.1) is 6.92 Å². The Morgan fingerprint density at radius 3 is 2.40 bits per heavy atom. The minimum Gasteiger partial charge on any atom is -0.329 e. The number of aromatic nitrogens is 1. The molecule has 2 nitrogen and oxygen atoms in total. The molecule has 0 saturated heterocycles. The normalized spacial score (nSPS) is 10.0. The summed E-state index contributed by atoms with van der Waals surface area (Å²) in [4.78, 5) is 6.47. The Bertz CT molecular complexity index is 437. The van der Waals surface area contributed by atoms with Crippen molar-refractivity contribution in [3.05, 3.63) is 54.2 Å². The number of hydrogen-bond acceptors (Lipinski definition) is 2.